The molecule has 0 aliphatic heterocycles. The van der Waals surface area contributed by atoms with E-state index in [4.69, 9.17) is 23.2 Å². The summed E-state index contributed by atoms with van der Waals surface area (Å²) in [7, 11) is 3.93. The quantitative estimate of drug-likeness (QED) is 0.747. The normalized spacial score (nSPS) is 11.1. The number of nitrogens with zero attached hydrogens (tertiary/aromatic N) is 2. The van der Waals surface area contributed by atoms with Crippen molar-refractivity contribution in [3.63, 3.8) is 0 Å². The molecule has 0 atom stereocenters. The molecule has 19 heavy (non-hydrogen) atoms. The van der Waals surface area contributed by atoms with E-state index in [1.807, 2.05) is 25.1 Å². The summed E-state index contributed by atoms with van der Waals surface area (Å²) in [6, 6.07) is 4.93. The number of rotatable bonds is 7. The third-order valence-corrected chi connectivity index (χ3v) is 4.08. The lowest BCUT2D eigenvalue weighted by Gasteiger charge is -2.20. The van der Waals surface area contributed by atoms with Crippen LogP contribution in [0.2, 0.25) is 10.0 Å². The van der Waals surface area contributed by atoms with Gasteiger partial charge in [-0.15, -0.1) is 0 Å². The second kappa shape index (κ2) is 7.98. The summed E-state index contributed by atoms with van der Waals surface area (Å²) in [5.74, 6) is 0. The molecule has 0 fully saturated rings. The van der Waals surface area contributed by atoms with E-state index in [1.165, 1.54) is 0 Å². The molecule has 1 radical (unpaired) electrons. The molecule has 1 rings (SSSR count). The highest BCUT2D eigenvalue weighted by molar-refractivity contribution is 6.37. The van der Waals surface area contributed by atoms with Crippen LogP contribution in [-0.2, 0) is 6.42 Å². The fourth-order valence-electron chi connectivity index (χ4n) is 2.10. The third kappa shape index (κ3) is 4.55. The number of hydrogen-bond acceptors (Lipinski definition) is 2. The monoisotopic (exact) mass is 301 g/mol. The van der Waals surface area contributed by atoms with E-state index < -0.39 is 0 Å². The van der Waals surface area contributed by atoms with Crippen molar-refractivity contribution in [3.8, 4) is 0 Å². The molecule has 0 aliphatic carbocycles. The van der Waals surface area contributed by atoms with Crippen LogP contribution < -0.4 is 4.90 Å². The van der Waals surface area contributed by atoms with Gasteiger partial charge in [0.05, 0.1) is 10.7 Å². The minimum atomic E-state index is 0.718. The Kier molecular flexibility index (Phi) is 6.98. The molecule has 2 nitrogen and oxygen atoms in total. The molecule has 4 heteroatoms. The van der Waals surface area contributed by atoms with Crippen LogP contribution in [0.4, 0.5) is 5.69 Å². The first-order chi connectivity index (χ1) is 9.01. The average molecular weight is 302 g/mol. The standard InChI is InChI=1S/C15H23Cl2N2/c1-5-19(6-2)11-7-8-12-13(16)9-10-14(15(12)17)18(3)4/h9H,5-8,11H2,1-4H3. The van der Waals surface area contributed by atoms with Crippen molar-refractivity contribution >= 4 is 28.9 Å². The zero-order valence-electron chi connectivity index (χ0n) is 12.3. The van der Waals surface area contributed by atoms with Crippen molar-refractivity contribution < 1.29 is 0 Å². The van der Waals surface area contributed by atoms with Crippen LogP contribution in [0, 0.1) is 6.07 Å². The Morgan fingerprint density at radius 1 is 1.16 bits per heavy atom. The highest BCUT2D eigenvalue weighted by Crippen LogP contribution is 2.33. The highest BCUT2D eigenvalue weighted by Gasteiger charge is 2.12. The lowest BCUT2D eigenvalue weighted by molar-refractivity contribution is 0.300. The van der Waals surface area contributed by atoms with Gasteiger partial charge in [-0.1, -0.05) is 37.0 Å². The van der Waals surface area contributed by atoms with Crippen molar-refractivity contribution in [1.82, 2.24) is 4.90 Å². The lowest BCUT2D eigenvalue weighted by atomic mass is 10.1. The van der Waals surface area contributed by atoms with Gasteiger partial charge >= 0.3 is 0 Å². The molecule has 1 aromatic rings. The summed E-state index contributed by atoms with van der Waals surface area (Å²) < 4.78 is 0. The zero-order valence-corrected chi connectivity index (χ0v) is 13.8. The zero-order chi connectivity index (χ0) is 14.4. The maximum atomic E-state index is 6.42. The molecular weight excluding hydrogens is 279 g/mol. The Bertz CT molecular complexity index is 401. The van der Waals surface area contributed by atoms with Crippen LogP contribution in [0.1, 0.15) is 25.8 Å². The number of anilines is 1. The van der Waals surface area contributed by atoms with Gasteiger partial charge in [0.25, 0.3) is 0 Å². The van der Waals surface area contributed by atoms with Crippen molar-refractivity contribution in [3.05, 3.63) is 27.7 Å². The molecule has 0 bridgehead atoms. The van der Waals surface area contributed by atoms with Crippen molar-refractivity contribution in [2.24, 2.45) is 0 Å². The van der Waals surface area contributed by atoms with Gasteiger partial charge in [0, 0.05) is 25.2 Å². The third-order valence-electron chi connectivity index (χ3n) is 3.34. The van der Waals surface area contributed by atoms with E-state index in [-0.39, 0.29) is 0 Å². The van der Waals surface area contributed by atoms with E-state index in [2.05, 4.69) is 24.8 Å². The Hall–Kier alpha value is -0.440. The van der Waals surface area contributed by atoms with Gasteiger partial charge in [-0.25, -0.2) is 0 Å². The van der Waals surface area contributed by atoms with Crippen molar-refractivity contribution in [1.29, 1.82) is 0 Å². The largest absolute Gasteiger partial charge is 0.376 e. The predicted octanol–water partition coefficient (Wildman–Crippen LogP) is 4.13. The number of benzene rings is 1. The van der Waals surface area contributed by atoms with Gasteiger partial charge in [0.15, 0.2) is 0 Å². The van der Waals surface area contributed by atoms with Gasteiger partial charge in [0.2, 0.25) is 0 Å². The minimum Gasteiger partial charge on any atom is -0.376 e. The maximum Gasteiger partial charge on any atom is 0.0692 e. The summed E-state index contributed by atoms with van der Waals surface area (Å²) in [5.41, 5.74) is 1.95. The predicted molar refractivity (Wildman–Crippen MR) is 85.7 cm³/mol. The Labute approximate surface area is 127 Å². The van der Waals surface area contributed by atoms with Gasteiger partial charge in [-0.05, 0) is 44.1 Å². The van der Waals surface area contributed by atoms with E-state index in [9.17, 15) is 0 Å². The molecule has 0 spiro atoms. The molecule has 0 heterocycles. The summed E-state index contributed by atoms with van der Waals surface area (Å²) in [6.07, 6.45) is 1.97. The number of hydrogen-bond donors (Lipinski definition) is 0. The molecular formula is C15H23Cl2N2. The molecule has 107 valence electrons. The van der Waals surface area contributed by atoms with Crippen LogP contribution in [0.25, 0.3) is 0 Å². The van der Waals surface area contributed by atoms with E-state index in [1.54, 1.807) is 0 Å². The molecule has 0 unspecified atom stereocenters. The van der Waals surface area contributed by atoms with Crippen LogP contribution >= 0.6 is 23.2 Å². The molecule has 0 aliphatic rings. The number of halogens is 2. The van der Waals surface area contributed by atoms with E-state index in [0.29, 0.717) is 0 Å². The van der Waals surface area contributed by atoms with Crippen LogP contribution in [0.15, 0.2) is 6.07 Å². The Morgan fingerprint density at radius 3 is 2.32 bits per heavy atom. The summed E-state index contributed by atoms with van der Waals surface area (Å²) in [6.45, 7) is 7.62. The average Bonchev–Trinajstić information content (AvgIpc) is 2.37. The van der Waals surface area contributed by atoms with Crippen molar-refractivity contribution in [2.45, 2.75) is 26.7 Å². The molecule has 0 aromatic heterocycles. The SMILES string of the molecule is CCN(CC)CCCc1c(Cl)c[c]c(N(C)C)c1Cl. The molecule has 0 amide bonds. The summed E-state index contributed by atoms with van der Waals surface area (Å²) >= 11 is 12.7. The van der Waals surface area contributed by atoms with E-state index in [0.717, 1.165) is 53.8 Å². The van der Waals surface area contributed by atoms with Crippen molar-refractivity contribution in [2.75, 3.05) is 38.6 Å². The second-order valence-electron chi connectivity index (χ2n) is 4.80. The topological polar surface area (TPSA) is 6.48 Å². The first-order valence-electron chi connectivity index (χ1n) is 6.79. The van der Waals surface area contributed by atoms with Crippen LogP contribution in [0.3, 0.4) is 0 Å². The smallest absolute Gasteiger partial charge is 0.0692 e. The highest BCUT2D eigenvalue weighted by atomic mass is 35.5. The fraction of sp³-hybridized carbons (Fsp3) is 0.600. The second-order valence-corrected chi connectivity index (χ2v) is 5.59. The molecule has 0 saturated heterocycles. The van der Waals surface area contributed by atoms with E-state index >= 15 is 0 Å². The Balaban J connectivity index is 2.75. The van der Waals surface area contributed by atoms with Crippen LogP contribution in [-0.4, -0.2) is 38.6 Å². The maximum absolute atomic E-state index is 6.42. The molecule has 1 aromatic carbocycles. The first-order valence-corrected chi connectivity index (χ1v) is 7.55. The fourth-order valence-corrected chi connectivity index (χ4v) is 2.82. The lowest BCUT2D eigenvalue weighted by Crippen LogP contribution is -2.24. The van der Waals surface area contributed by atoms with Gasteiger partial charge < -0.3 is 9.80 Å². The van der Waals surface area contributed by atoms with Gasteiger partial charge in [-0.2, -0.15) is 0 Å². The molecule has 0 N–H and O–H groups in total. The summed E-state index contributed by atoms with van der Waals surface area (Å²) in [4.78, 5) is 4.37. The van der Waals surface area contributed by atoms with Gasteiger partial charge in [-0.3, -0.25) is 0 Å². The first kappa shape index (κ1) is 16.6. The summed E-state index contributed by atoms with van der Waals surface area (Å²) in [5, 5.41) is 1.45. The minimum absolute atomic E-state index is 0.718. The molecule has 0 saturated carbocycles. The Morgan fingerprint density at radius 2 is 1.79 bits per heavy atom. The van der Waals surface area contributed by atoms with Gasteiger partial charge in [0.1, 0.15) is 0 Å². The van der Waals surface area contributed by atoms with Crippen LogP contribution in [0.5, 0.6) is 0 Å².